The summed E-state index contributed by atoms with van der Waals surface area (Å²) >= 11 is 1.23. The molecule has 0 aliphatic carbocycles. The minimum atomic E-state index is -0.535. The molecule has 33 heavy (non-hydrogen) atoms. The molecule has 0 bridgehead atoms. The lowest BCUT2D eigenvalue weighted by molar-refractivity contribution is -0.117. The molecule has 0 aliphatic heterocycles. The first-order chi connectivity index (χ1) is 16.2. The lowest BCUT2D eigenvalue weighted by atomic mass is 10.2. The third-order valence-corrected chi connectivity index (χ3v) is 5.69. The molecule has 0 spiro atoms. The number of amides is 3. The Morgan fingerprint density at radius 3 is 2.21 bits per heavy atom. The van der Waals surface area contributed by atoms with Crippen molar-refractivity contribution in [3.63, 3.8) is 0 Å². The topological polar surface area (TPSA) is 102 Å². The molecule has 0 atom stereocenters. The Hall–Kier alpha value is -3.98. The fourth-order valence-electron chi connectivity index (χ4n) is 3.13. The molecule has 4 rings (SSSR count). The van der Waals surface area contributed by atoms with Crippen LogP contribution in [-0.2, 0) is 17.9 Å². The smallest absolute Gasteiger partial charge is 0.321 e. The second-order valence-corrected chi connectivity index (χ2v) is 8.06. The zero-order chi connectivity index (χ0) is 22.9. The highest BCUT2D eigenvalue weighted by Gasteiger charge is 2.17. The summed E-state index contributed by atoms with van der Waals surface area (Å²) < 4.78 is 1.96. The molecule has 8 nitrogen and oxygen atoms in total. The molecule has 2 aromatic heterocycles. The van der Waals surface area contributed by atoms with Crippen LogP contribution in [0.15, 0.2) is 90.3 Å². The van der Waals surface area contributed by atoms with Gasteiger partial charge in [-0.25, -0.2) is 4.79 Å². The summed E-state index contributed by atoms with van der Waals surface area (Å²) in [6.07, 6.45) is 3.40. The minimum absolute atomic E-state index is 0.0298. The van der Waals surface area contributed by atoms with E-state index in [9.17, 15) is 9.59 Å². The van der Waals surface area contributed by atoms with Gasteiger partial charge in [-0.2, -0.15) is 0 Å². The Morgan fingerprint density at radius 1 is 0.848 bits per heavy atom. The van der Waals surface area contributed by atoms with Crippen molar-refractivity contribution >= 4 is 23.7 Å². The third kappa shape index (κ3) is 6.27. The van der Waals surface area contributed by atoms with Gasteiger partial charge in [-0.3, -0.25) is 19.7 Å². The molecule has 0 aliphatic rings. The quantitative estimate of drug-likeness (QED) is 0.392. The predicted octanol–water partition coefficient (Wildman–Crippen LogP) is 3.51. The Morgan fingerprint density at radius 2 is 1.52 bits per heavy atom. The number of nitrogens with zero attached hydrogens (tertiary/aromatic N) is 4. The number of rotatable bonds is 8. The van der Waals surface area contributed by atoms with Crippen LogP contribution in [0.4, 0.5) is 4.79 Å². The first-order valence-electron chi connectivity index (χ1n) is 10.3. The summed E-state index contributed by atoms with van der Waals surface area (Å²) in [5, 5.41) is 14.2. The van der Waals surface area contributed by atoms with Gasteiger partial charge >= 0.3 is 6.03 Å². The number of urea groups is 1. The summed E-state index contributed by atoms with van der Waals surface area (Å²) in [7, 11) is 0. The summed E-state index contributed by atoms with van der Waals surface area (Å²) in [6.45, 7) is 0.890. The van der Waals surface area contributed by atoms with E-state index >= 15 is 0 Å². The van der Waals surface area contributed by atoms with Crippen molar-refractivity contribution in [3.8, 4) is 11.4 Å². The van der Waals surface area contributed by atoms with E-state index in [1.54, 1.807) is 12.4 Å². The average molecular weight is 459 g/mol. The van der Waals surface area contributed by atoms with E-state index in [0.717, 1.165) is 16.7 Å². The molecule has 0 saturated carbocycles. The van der Waals surface area contributed by atoms with Crippen molar-refractivity contribution in [1.82, 2.24) is 30.4 Å². The van der Waals surface area contributed by atoms with Gasteiger partial charge in [0.1, 0.15) is 0 Å². The van der Waals surface area contributed by atoms with Crippen molar-refractivity contribution in [3.05, 3.63) is 96.3 Å². The van der Waals surface area contributed by atoms with Crippen LogP contribution in [0, 0.1) is 0 Å². The molecule has 166 valence electrons. The maximum atomic E-state index is 12.3. The maximum absolute atomic E-state index is 12.3. The fraction of sp³-hybridized carbons (Fsp3) is 0.125. The summed E-state index contributed by atoms with van der Waals surface area (Å²) in [5.41, 5.74) is 2.91. The number of hydrogen-bond donors (Lipinski definition) is 2. The maximum Gasteiger partial charge on any atom is 0.321 e. The molecule has 0 radical (unpaired) electrons. The number of pyridine rings is 1. The van der Waals surface area contributed by atoms with Crippen LogP contribution < -0.4 is 10.6 Å². The zero-order valence-electron chi connectivity index (χ0n) is 17.7. The molecular formula is C24H22N6O2S. The predicted molar refractivity (Wildman–Crippen MR) is 126 cm³/mol. The molecule has 0 saturated heterocycles. The molecule has 0 fully saturated rings. The van der Waals surface area contributed by atoms with Crippen LogP contribution in [0.2, 0.25) is 0 Å². The average Bonchev–Trinajstić information content (AvgIpc) is 3.25. The van der Waals surface area contributed by atoms with E-state index in [0.29, 0.717) is 24.1 Å². The second-order valence-electron chi connectivity index (χ2n) is 7.12. The van der Waals surface area contributed by atoms with Gasteiger partial charge in [0.05, 0.1) is 12.3 Å². The highest BCUT2D eigenvalue weighted by atomic mass is 32.2. The number of hydrogen-bond acceptors (Lipinski definition) is 6. The third-order valence-electron chi connectivity index (χ3n) is 4.72. The highest BCUT2D eigenvalue weighted by molar-refractivity contribution is 7.99. The van der Waals surface area contributed by atoms with Gasteiger partial charge in [0.15, 0.2) is 11.0 Å². The Kier molecular flexibility index (Phi) is 7.44. The van der Waals surface area contributed by atoms with Crippen LogP contribution in [0.25, 0.3) is 11.4 Å². The van der Waals surface area contributed by atoms with E-state index in [1.165, 1.54) is 11.8 Å². The summed E-state index contributed by atoms with van der Waals surface area (Å²) in [5.74, 6) is 0.303. The Balaban J connectivity index is 1.40. The fourth-order valence-corrected chi connectivity index (χ4v) is 3.87. The van der Waals surface area contributed by atoms with Crippen LogP contribution in [0.1, 0.15) is 11.1 Å². The van der Waals surface area contributed by atoms with E-state index < -0.39 is 11.9 Å². The molecule has 9 heteroatoms. The first kappa shape index (κ1) is 22.2. The van der Waals surface area contributed by atoms with Crippen LogP contribution in [0.3, 0.4) is 0 Å². The molecule has 4 aromatic rings. The molecule has 2 aromatic carbocycles. The van der Waals surface area contributed by atoms with Gasteiger partial charge in [0, 0.05) is 24.5 Å². The molecule has 2 N–H and O–H groups in total. The summed E-state index contributed by atoms with van der Waals surface area (Å²) in [6, 6.07) is 22.6. The number of imide groups is 1. The van der Waals surface area contributed by atoms with Crippen LogP contribution in [0.5, 0.6) is 0 Å². The monoisotopic (exact) mass is 458 g/mol. The standard InChI is InChI=1S/C24H22N6O2S/c31-21(27-23(32)26-15-18-7-3-1-4-8-18)17-33-24-29-28-22(20-11-13-25-14-12-20)30(24)16-19-9-5-2-6-10-19/h1-14H,15-17H2,(H2,26,27,31,32). The number of carbonyl (C=O) groups is 2. The number of thioether (sulfide) groups is 1. The highest BCUT2D eigenvalue weighted by Crippen LogP contribution is 2.24. The largest absolute Gasteiger partial charge is 0.334 e. The number of benzene rings is 2. The number of carbonyl (C=O) groups excluding carboxylic acids is 2. The minimum Gasteiger partial charge on any atom is -0.334 e. The van der Waals surface area contributed by atoms with E-state index in [2.05, 4.69) is 25.8 Å². The van der Waals surface area contributed by atoms with Crippen molar-refractivity contribution in [2.24, 2.45) is 0 Å². The van der Waals surface area contributed by atoms with E-state index in [-0.39, 0.29) is 5.75 Å². The van der Waals surface area contributed by atoms with Crippen molar-refractivity contribution < 1.29 is 9.59 Å². The lowest BCUT2D eigenvalue weighted by Crippen LogP contribution is -2.40. The summed E-state index contributed by atoms with van der Waals surface area (Å²) in [4.78, 5) is 28.4. The SMILES string of the molecule is O=C(CSc1nnc(-c2ccncc2)n1Cc1ccccc1)NC(=O)NCc1ccccc1. The molecule has 0 unspecified atom stereocenters. The second kappa shape index (κ2) is 11.1. The van der Waals surface area contributed by atoms with Gasteiger partial charge < -0.3 is 5.32 Å². The van der Waals surface area contributed by atoms with Gasteiger partial charge in [0.2, 0.25) is 5.91 Å². The lowest BCUT2D eigenvalue weighted by Gasteiger charge is -2.11. The zero-order valence-corrected chi connectivity index (χ0v) is 18.5. The normalized spacial score (nSPS) is 10.5. The van der Waals surface area contributed by atoms with Gasteiger partial charge in [-0.1, -0.05) is 72.4 Å². The van der Waals surface area contributed by atoms with Crippen molar-refractivity contribution in [2.45, 2.75) is 18.2 Å². The van der Waals surface area contributed by atoms with Crippen LogP contribution >= 0.6 is 11.8 Å². The number of aromatic nitrogens is 4. The van der Waals surface area contributed by atoms with Crippen LogP contribution in [-0.4, -0.2) is 37.4 Å². The van der Waals surface area contributed by atoms with Crippen molar-refractivity contribution in [2.75, 3.05) is 5.75 Å². The van der Waals surface area contributed by atoms with E-state index in [1.807, 2.05) is 77.4 Å². The molecular weight excluding hydrogens is 436 g/mol. The van der Waals surface area contributed by atoms with Gasteiger partial charge in [-0.05, 0) is 23.3 Å². The molecule has 2 heterocycles. The van der Waals surface area contributed by atoms with Gasteiger partial charge in [0.25, 0.3) is 0 Å². The molecule has 3 amide bonds. The number of nitrogens with one attached hydrogen (secondary N) is 2. The van der Waals surface area contributed by atoms with Crippen molar-refractivity contribution in [1.29, 1.82) is 0 Å². The van der Waals surface area contributed by atoms with E-state index in [4.69, 9.17) is 0 Å². The van der Waals surface area contributed by atoms with Gasteiger partial charge in [-0.15, -0.1) is 10.2 Å². The Labute approximate surface area is 195 Å². The Bertz CT molecular complexity index is 1200. The first-order valence-corrected chi connectivity index (χ1v) is 11.3.